The van der Waals surface area contributed by atoms with Crippen LogP contribution >= 0.6 is 0 Å². The van der Waals surface area contributed by atoms with Crippen LogP contribution in [0.15, 0.2) is 18.2 Å². The first-order chi connectivity index (χ1) is 9.06. The molecule has 5 heteroatoms. The SMILES string of the molecule is COc1ccc(CNC(=O)CCC(C)O)c(OC)c1. The van der Waals surface area contributed by atoms with Gasteiger partial charge in [0.2, 0.25) is 5.91 Å². The number of benzene rings is 1. The predicted octanol–water partition coefficient (Wildman–Crippen LogP) is 1.48. The molecule has 1 unspecified atom stereocenters. The molecule has 1 atom stereocenters. The van der Waals surface area contributed by atoms with E-state index in [1.165, 1.54) is 0 Å². The maximum atomic E-state index is 11.6. The average molecular weight is 267 g/mol. The zero-order valence-electron chi connectivity index (χ0n) is 11.6. The molecule has 0 aliphatic heterocycles. The molecule has 0 aliphatic rings. The summed E-state index contributed by atoms with van der Waals surface area (Å²) in [7, 11) is 3.17. The van der Waals surface area contributed by atoms with Gasteiger partial charge in [-0.05, 0) is 25.5 Å². The van der Waals surface area contributed by atoms with Crippen molar-refractivity contribution in [2.45, 2.75) is 32.4 Å². The quantitative estimate of drug-likeness (QED) is 0.785. The normalized spacial score (nSPS) is 11.8. The summed E-state index contributed by atoms with van der Waals surface area (Å²) in [5.41, 5.74) is 0.883. The molecule has 1 aromatic carbocycles. The van der Waals surface area contributed by atoms with E-state index in [4.69, 9.17) is 14.6 Å². The summed E-state index contributed by atoms with van der Waals surface area (Å²) in [5, 5.41) is 11.9. The number of nitrogens with one attached hydrogen (secondary N) is 1. The van der Waals surface area contributed by atoms with Crippen LogP contribution in [0, 0.1) is 0 Å². The van der Waals surface area contributed by atoms with Gasteiger partial charge in [-0.1, -0.05) is 0 Å². The number of ether oxygens (including phenoxy) is 2. The highest BCUT2D eigenvalue weighted by molar-refractivity contribution is 5.75. The van der Waals surface area contributed by atoms with E-state index in [2.05, 4.69) is 5.32 Å². The van der Waals surface area contributed by atoms with Crippen molar-refractivity contribution in [3.63, 3.8) is 0 Å². The largest absolute Gasteiger partial charge is 0.497 e. The van der Waals surface area contributed by atoms with Gasteiger partial charge in [0.05, 0.1) is 20.3 Å². The van der Waals surface area contributed by atoms with Crippen LogP contribution in [0.1, 0.15) is 25.3 Å². The average Bonchev–Trinajstić information content (AvgIpc) is 2.42. The fourth-order valence-corrected chi connectivity index (χ4v) is 1.62. The lowest BCUT2D eigenvalue weighted by Crippen LogP contribution is -2.23. The van der Waals surface area contributed by atoms with E-state index >= 15 is 0 Å². The standard InChI is InChI=1S/C14H21NO4/c1-10(16)4-7-14(17)15-9-11-5-6-12(18-2)8-13(11)19-3/h5-6,8,10,16H,4,7,9H2,1-3H3,(H,15,17). The lowest BCUT2D eigenvalue weighted by atomic mass is 10.1. The number of aliphatic hydroxyl groups is 1. The molecule has 0 spiro atoms. The van der Waals surface area contributed by atoms with Crippen LogP contribution in [0.5, 0.6) is 11.5 Å². The molecular weight excluding hydrogens is 246 g/mol. The van der Waals surface area contributed by atoms with Crippen LogP contribution in [-0.2, 0) is 11.3 Å². The molecule has 1 rings (SSSR count). The first-order valence-corrected chi connectivity index (χ1v) is 6.22. The maximum absolute atomic E-state index is 11.6. The Morgan fingerprint density at radius 2 is 2.11 bits per heavy atom. The molecule has 19 heavy (non-hydrogen) atoms. The summed E-state index contributed by atoms with van der Waals surface area (Å²) in [6, 6.07) is 5.45. The minimum absolute atomic E-state index is 0.0845. The van der Waals surface area contributed by atoms with Crippen LogP contribution in [0.25, 0.3) is 0 Å². The number of carbonyl (C=O) groups is 1. The van der Waals surface area contributed by atoms with Gasteiger partial charge < -0.3 is 19.9 Å². The van der Waals surface area contributed by atoms with E-state index in [1.807, 2.05) is 12.1 Å². The molecule has 0 bridgehead atoms. The highest BCUT2D eigenvalue weighted by Crippen LogP contribution is 2.24. The highest BCUT2D eigenvalue weighted by Gasteiger charge is 2.08. The van der Waals surface area contributed by atoms with E-state index in [9.17, 15) is 4.79 Å². The number of hydrogen-bond acceptors (Lipinski definition) is 4. The summed E-state index contributed by atoms with van der Waals surface area (Å²) in [6.07, 6.45) is 0.322. The van der Waals surface area contributed by atoms with Crippen LogP contribution < -0.4 is 14.8 Å². The number of carbonyl (C=O) groups excluding carboxylic acids is 1. The minimum Gasteiger partial charge on any atom is -0.497 e. The molecule has 0 aliphatic carbocycles. The molecule has 0 heterocycles. The van der Waals surface area contributed by atoms with Crippen molar-refractivity contribution < 1.29 is 19.4 Å². The molecule has 1 amide bonds. The van der Waals surface area contributed by atoms with Crippen LogP contribution in [-0.4, -0.2) is 31.3 Å². The van der Waals surface area contributed by atoms with Gasteiger partial charge in [0.25, 0.3) is 0 Å². The fourth-order valence-electron chi connectivity index (χ4n) is 1.62. The number of rotatable bonds is 7. The minimum atomic E-state index is -0.457. The van der Waals surface area contributed by atoms with E-state index < -0.39 is 6.10 Å². The molecule has 0 fully saturated rings. The van der Waals surface area contributed by atoms with E-state index in [-0.39, 0.29) is 5.91 Å². The van der Waals surface area contributed by atoms with Crippen molar-refractivity contribution in [1.29, 1.82) is 0 Å². The Balaban J connectivity index is 2.55. The number of hydrogen-bond donors (Lipinski definition) is 2. The van der Waals surface area contributed by atoms with Crippen LogP contribution in [0.4, 0.5) is 0 Å². The molecule has 5 nitrogen and oxygen atoms in total. The molecule has 106 valence electrons. The van der Waals surface area contributed by atoms with Gasteiger partial charge in [0.1, 0.15) is 11.5 Å². The second-order valence-electron chi connectivity index (χ2n) is 4.34. The second-order valence-corrected chi connectivity index (χ2v) is 4.34. The van der Waals surface area contributed by atoms with Crippen LogP contribution in [0.3, 0.4) is 0 Å². The zero-order valence-corrected chi connectivity index (χ0v) is 11.6. The third kappa shape index (κ3) is 5.18. The predicted molar refractivity (Wildman–Crippen MR) is 72.3 cm³/mol. The van der Waals surface area contributed by atoms with Crippen LogP contribution in [0.2, 0.25) is 0 Å². The number of amides is 1. The summed E-state index contributed by atoms with van der Waals surface area (Å²) in [6.45, 7) is 2.06. The Bertz CT molecular complexity index is 418. The third-order valence-corrected chi connectivity index (χ3v) is 2.76. The van der Waals surface area contributed by atoms with Gasteiger partial charge in [-0.25, -0.2) is 0 Å². The monoisotopic (exact) mass is 267 g/mol. The van der Waals surface area contributed by atoms with Crippen molar-refractivity contribution in [3.8, 4) is 11.5 Å². The van der Waals surface area contributed by atoms with Crippen molar-refractivity contribution in [1.82, 2.24) is 5.32 Å². The Morgan fingerprint density at radius 3 is 2.68 bits per heavy atom. The molecule has 2 N–H and O–H groups in total. The van der Waals surface area contributed by atoms with Crippen molar-refractivity contribution >= 4 is 5.91 Å². The lowest BCUT2D eigenvalue weighted by Gasteiger charge is -2.11. The lowest BCUT2D eigenvalue weighted by molar-refractivity contribution is -0.121. The third-order valence-electron chi connectivity index (χ3n) is 2.76. The van der Waals surface area contributed by atoms with Gasteiger partial charge in [-0.2, -0.15) is 0 Å². The molecule has 0 radical (unpaired) electrons. The molecule has 0 aromatic heterocycles. The molecule has 1 aromatic rings. The van der Waals surface area contributed by atoms with Gasteiger partial charge in [0, 0.05) is 24.6 Å². The maximum Gasteiger partial charge on any atom is 0.220 e. The number of aliphatic hydroxyl groups excluding tert-OH is 1. The van der Waals surface area contributed by atoms with Crippen molar-refractivity contribution in [2.24, 2.45) is 0 Å². The first kappa shape index (κ1) is 15.3. The summed E-state index contributed by atoms with van der Waals surface area (Å²) in [5.74, 6) is 1.30. The summed E-state index contributed by atoms with van der Waals surface area (Å²) in [4.78, 5) is 11.6. The van der Waals surface area contributed by atoms with E-state index in [1.54, 1.807) is 27.2 Å². The summed E-state index contributed by atoms with van der Waals surface area (Å²) >= 11 is 0. The van der Waals surface area contributed by atoms with Gasteiger partial charge in [-0.3, -0.25) is 4.79 Å². The van der Waals surface area contributed by atoms with E-state index in [0.717, 1.165) is 5.56 Å². The Labute approximate surface area is 113 Å². The first-order valence-electron chi connectivity index (χ1n) is 6.22. The molecule has 0 saturated heterocycles. The van der Waals surface area contributed by atoms with Crippen molar-refractivity contribution in [3.05, 3.63) is 23.8 Å². The van der Waals surface area contributed by atoms with Crippen molar-refractivity contribution in [2.75, 3.05) is 14.2 Å². The smallest absolute Gasteiger partial charge is 0.220 e. The zero-order chi connectivity index (χ0) is 14.3. The van der Waals surface area contributed by atoms with Gasteiger partial charge in [-0.15, -0.1) is 0 Å². The number of methoxy groups -OCH3 is 2. The molecular formula is C14H21NO4. The Kier molecular flexibility index (Phi) is 6.15. The van der Waals surface area contributed by atoms with Gasteiger partial charge >= 0.3 is 0 Å². The Hall–Kier alpha value is -1.75. The highest BCUT2D eigenvalue weighted by atomic mass is 16.5. The molecule has 0 saturated carbocycles. The second kappa shape index (κ2) is 7.63. The van der Waals surface area contributed by atoms with E-state index in [0.29, 0.717) is 30.9 Å². The van der Waals surface area contributed by atoms with Gasteiger partial charge in [0.15, 0.2) is 0 Å². The summed E-state index contributed by atoms with van der Waals surface area (Å²) < 4.78 is 10.4. The topological polar surface area (TPSA) is 67.8 Å². The fraction of sp³-hybridized carbons (Fsp3) is 0.500. The Morgan fingerprint density at radius 1 is 1.37 bits per heavy atom.